The van der Waals surface area contributed by atoms with Gasteiger partial charge in [0.1, 0.15) is 0 Å². The quantitative estimate of drug-likeness (QED) is 0.562. The highest BCUT2D eigenvalue weighted by Crippen LogP contribution is 2.23. The van der Waals surface area contributed by atoms with E-state index in [0.29, 0.717) is 5.41 Å². The molecular formula is C9H19NO. The Bertz CT molecular complexity index is 123. The molecular weight excluding hydrogens is 138 g/mol. The van der Waals surface area contributed by atoms with Gasteiger partial charge in [-0.2, -0.15) is 7.05 Å². The van der Waals surface area contributed by atoms with Gasteiger partial charge in [-0.05, 0) is 12.8 Å². The lowest BCUT2D eigenvalue weighted by Crippen LogP contribution is -3.09. The Morgan fingerprint density at radius 1 is 1.64 bits per heavy atom. The number of hydrogen-bond acceptors (Lipinski definition) is 1. The molecule has 2 nitrogen and oxygen atoms in total. The highest BCUT2D eigenvalue weighted by atomic mass is 16.5. The van der Waals surface area contributed by atoms with Crippen LogP contribution in [-0.4, -0.2) is 26.8 Å². The first-order chi connectivity index (χ1) is 5.16. The van der Waals surface area contributed by atoms with Crippen LogP contribution in [0, 0.1) is 12.5 Å². The highest BCUT2D eigenvalue weighted by Gasteiger charge is 2.30. The van der Waals surface area contributed by atoms with Crippen LogP contribution in [0.25, 0.3) is 0 Å². The van der Waals surface area contributed by atoms with Gasteiger partial charge in [0.15, 0.2) is 0 Å². The Labute approximate surface area is 69.5 Å². The molecule has 0 saturated carbocycles. The maximum absolute atomic E-state index is 5.19. The summed E-state index contributed by atoms with van der Waals surface area (Å²) in [6, 6.07) is 0. The van der Waals surface area contributed by atoms with E-state index in [0.717, 1.165) is 13.2 Å². The Morgan fingerprint density at radius 2 is 2.36 bits per heavy atom. The Morgan fingerprint density at radius 3 is 2.91 bits per heavy atom. The molecule has 1 fully saturated rings. The molecule has 1 N–H and O–H groups in total. The average Bonchev–Trinajstić information content (AvgIpc) is 1.86. The van der Waals surface area contributed by atoms with Crippen molar-refractivity contribution in [2.45, 2.75) is 19.8 Å². The zero-order valence-electron chi connectivity index (χ0n) is 7.65. The van der Waals surface area contributed by atoms with Crippen molar-refractivity contribution in [3.8, 4) is 0 Å². The van der Waals surface area contributed by atoms with E-state index < -0.39 is 0 Å². The minimum atomic E-state index is 0.379. The van der Waals surface area contributed by atoms with E-state index >= 15 is 0 Å². The topological polar surface area (TPSA) is 13.7 Å². The highest BCUT2D eigenvalue weighted by molar-refractivity contribution is 4.75. The van der Waals surface area contributed by atoms with E-state index in [4.69, 9.17) is 4.74 Å². The van der Waals surface area contributed by atoms with Crippen LogP contribution in [0.15, 0.2) is 0 Å². The van der Waals surface area contributed by atoms with Crippen molar-refractivity contribution in [1.29, 1.82) is 0 Å². The molecule has 1 rings (SSSR count). The lowest BCUT2D eigenvalue weighted by molar-refractivity contribution is -0.867. The number of methoxy groups -OCH3 is 1. The number of nitrogens with one attached hydrogen (secondary N) is 1. The van der Waals surface area contributed by atoms with Crippen LogP contribution >= 0.6 is 0 Å². The van der Waals surface area contributed by atoms with Gasteiger partial charge < -0.3 is 9.64 Å². The fourth-order valence-corrected chi connectivity index (χ4v) is 2.02. The van der Waals surface area contributed by atoms with Crippen molar-refractivity contribution in [2.75, 3.05) is 26.8 Å². The molecule has 0 aromatic carbocycles. The summed E-state index contributed by atoms with van der Waals surface area (Å²) in [4.78, 5) is 1.40. The van der Waals surface area contributed by atoms with Gasteiger partial charge in [0, 0.05) is 12.5 Å². The van der Waals surface area contributed by atoms with Gasteiger partial charge in [-0.25, -0.2) is 0 Å². The third-order valence-corrected chi connectivity index (χ3v) is 2.48. The molecule has 1 aliphatic heterocycles. The molecule has 0 aliphatic carbocycles. The standard InChI is InChI=1S/C9H19NO/c1-9(8-11-3)5-4-6-10(2)7-9/h10H,2,4-8H2,1,3H3. The molecule has 66 valence electrons. The summed E-state index contributed by atoms with van der Waals surface area (Å²) in [7, 11) is 5.82. The van der Waals surface area contributed by atoms with Crippen molar-refractivity contribution in [2.24, 2.45) is 5.41 Å². The Hall–Kier alpha value is -0.0800. The number of piperidine rings is 1. The molecule has 0 aromatic heterocycles. The van der Waals surface area contributed by atoms with E-state index in [1.54, 1.807) is 7.11 Å². The predicted octanol–water partition coefficient (Wildman–Crippen LogP) is 0.109. The van der Waals surface area contributed by atoms with Crippen molar-refractivity contribution < 1.29 is 9.64 Å². The largest absolute Gasteiger partial charge is 0.467 e. The summed E-state index contributed by atoms with van der Waals surface area (Å²) in [5.41, 5.74) is 0.379. The third kappa shape index (κ3) is 2.46. The van der Waals surface area contributed by atoms with Crippen molar-refractivity contribution in [3.63, 3.8) is 0 Å². The minimum absolute atomic E-state index is 0.379. The molecule has 11 heavy (non-hydrogen) atoms. The zero-order valence-corrected chi connectivity index (χ0v) is 7.65. The lowest BCUT2D eigenvalue weighted by atomic mass is 9.83. The molecule has 2 atom stereocenters. The summed E-state index contributed by atoms with van der Waals surface area (Å²) >= 11 is 0. The number of hydrogen-bond donors (Lipinski definition) is 1. The van der Waals surface area contributed by atoms with Gasteiger partial charge in [-0.3, -0.25) is 0 Å². The normalized spacial score (nSPS) is 39.0. The van der Waals surface area contributed by atoms with Gasteiger partial charge >= 0.3 is 0 Å². The van der Waals surface area contributed by atoms with Crippen molar-refractivity contribution >= 4 is 0 Å². The summed E-state index contributed by atoms with van der Waals surface area (Å²) in [6.45, 7) is 5.55. The maximum atomic E-state index is 5.19. The molecule has 0 amide bonds. The maximum Gasteiger partial charge on any atom is 0.0607 e. The predicted molar refractivity (Wildman–Crippen MR) is 45.3 cm³/mol. The van der Waals surface area contributed by atoms with Gasteiger partial charge in [-0.1, -0.05) is 6.92 Å². The van der Waals surface area contributed by atoms with Gasteiger partial charge in [-0.15, -0.1) is 0 Å². The Kier molecular flexibility index (Phi) is 2.90. The second-order valence-corrected chi connectivity index (χ2v) is 4.02. The fraction of sp³-hybridized carbons (Fsp3) is 0.889. The minimum Gasteiger partial charge on any atom is -0.467 e. The van der Waals surface area contributed by atoms with Gasteiger partial charge in [0.05, 0.1) is 19.7 Å². The Balaban J connectivity index is 2.41. The average molecular weight is 157 g/mol. The fourth-order valence-electron chi connectivity index (χ4n) is 2.02. The molecule has 0 bridgehead atoms. The molecule has 0 radical (unpaired) electrons. The number of ether oxygens (including phenoxy) is 1. The molecule has 2 heteroatoms. The zero-order chi connectivity index (χ0) is 8.32. The second-order valence-electron chi connectivity index (χ2n) is 4.02. The van der Waals surface area contributed by atoms with E-state index in [2.05, 4.69) is 14.0 Å². The van der Waals surface area contributed by atoms with Crippen LogP contribution in [0.1, 0.15) is 19.8 Å². The molecule has 0 aromatic rings. The van der Waals surface area contributed by atoms with Crippen LogP contribution in [0.4, 0.5) is 0 Å². The molecule has 0 spiro atoms. The van der Waals surface area contributed by atoms with E-state index in [-0.39, 0.29) is 0 Å². The lowest BCUT2D eigenvalue weighted by Gasteiger charge is -2.39. The smallest absolute Gasteiger partial charge is 0.0607 e. The number of rotatable bonds is 2. The van der Waals surface area contributed by atoms with Crippen molar-refractivity contribution in [1.82, 2.24) is 0 Å². The van der Waals surface area contributed by atoms with E-state index in [1.165, 1.54) is 24.3 Å². The molecule has 1 aliphatic rings. The molecule has 1 heterocycles. The summed E-state index contributed by atoms with van der Waals surface area (Å²) in [5.74, 6) is 0. The number of likely N-dealkylation sites (tertiary alicyclic amines) is 1. The summed E-state index contributed by atoms with van der Waals surface area (Å²) in [6.07, 6.45) is 2.58. The summed E-state index contributed by atoms with van der Waals surface area (Å²) in [5, 5.41) is 0. The first-order valence-corrected chi connectivity index (χ1v) is 4.32. The second kappa shape index (κ2) is 3.55. The molecule has 2 unspecified atom stereocenters. The van der Waals surface area contributed by atoms with E-state index in [9.17, 15) is 0 Å². The third-order valence-electron chi connectivity index (χ3n) is 2.48. The first-order valence-electron chi connectivity index (χ1n) is 4.32. The van der Waals surface area contributed by atoms with Crippen LogP contribution in [0.2, 0.25) is 0 Å². The van der Waals surface area contributed by atoms with E-state index in [1.807, 2.05) is 0 Å². The van der Waals surface area contributed by atoms with Crippen molar-refractivity contribution in [3.05, 3.63) is 7.05 Å². The SMILES string of the molecule is [CH2-][NH+]1CCCC(C)(COC)C1. The van der Waals surface area contributed by atoms with Gasteiger partial charge in [0.2, 0.25) is 0 Å². The van der Waals surface area contributed by atoms with Crippen LogP contribution < -0.4 is 4.90 Å². The molecule has 1 saturated heterocycles. The number of quaternary nitrogens is 1. The monoisotopic (exact) mass is 157 g/mol. The summed E-state index contributed by atoms with van der Waals surface area (Å²) < 4.78 is 5.19. The van der Waals surface area contributed by atoms with Crippen LogP contribution in [-0.2, 0) is 4.74 Å². The van der Waals surface area contributed by atoms with Crippen LogP contribution in [0.3, 0.4) is 0 Å². The first kappa shape index (κ1) is 9.01. The van der Waals surface area contributed by atoms with Gasteiger partial charge in [0.25, 0.3) is 0 Å². The van der Waals surface area contributed by atoms with Crippen LogP contribution in [0.5, 0.6) is 0 Å².